The molecule has 1 aliphatic carbocycles. The highest BCUT2D eigenvalue weighted by Crippen LogP contribution is 2.40. The Bertz CT molecular complexity index is 338. The van der Waals surface area contributed by atoms with Crippen LogP contribution in [0.5, 0.6) is 0 Å². The van der Waals surface area contributed by atoms with Crippen molar-refractivity contribution in [3.05, 3.63) is 48.0 Å². The fourth-order valence-corrected chi connectivity index (χ4v) is 2.68. The second-order valence-corrected chi connectivity index (χ2v) is 4.22. The topological polar surface area (TPSA) is 0 Å². The van der Waals surface area contributed by atoms with Crippen molar-refractivity contribution in [3.8, 4) is 0 Å². The smallest absolute Gasteiger partial charge is 0.0129 e. The van der Waals surface area contributed by atoms with Crippen LogP contribution in [0.3, 0.4) is 0 Å². The maximum atomic E-state index is 4.03. The summed E-state index contributed by atoms with van der Waals surface area (Å²) in [4.78, 5) is 0. The molecule has 0 fully saturated rings. The van der Waals surface area contributed by atoms with Gasteiger partial charge in [0.15, 0.2) is 0 Å². The van der Waals surface area contributed by atoms with Crippen molar-refractivity contribution in [2.24, 2.45) is 0 Å². The first-order valence-corrected chi connectivity index (χ1v) is 5.54. The molecule has 0 N–H and O–H groups in total. The summed E-state index contributed by atoms with van der Waals surface area (Å²) < 4.78 is 0. The maximum Gasteiger partial charge on any atom is 0.0129 e. The molecule has 0 bridgehead atoms. The van der Waals surface area contributed by atoms with Crippen LogP contribution in [0.2, 0.25) is 0 Å². The third-order valence-corrected chi connectivity index (χ3v) is 3.64. The van der Waals surface area contributed by atoms with Gasteiger partial charge in [-0.3, -0.25) is 0 Å². The Morgan fingerprint density at radius 2 is 2.21 bits per heavy atom. The van der Waals surface area contributed by atoms with E-state index >= 15 is 0 Å². The van der Waals surface area contributed by atoms with E-state index in [1.165, 1.54) is 36.8 Å². The quantitative estimate of drug-likeness (QED) is 0.615. The average molecular weight is 186 g/mol. The van der Waals surface area contributed by atoms with Gasteiger partial charge in [0.25, 0.3) is 0 Å². The lowest BCUT2D eigenvalue weighted by molar-refractivity contribution is 0.429. The molecule has 0 unspecified atom stereocenters. The maximum absolute atomic E-state index is 4.03. The van der Waals surface area contributed by atoms with Gasteiger partial charge in [-0.25, -0.2) is 0 Å². The van der Waals surface area contributed by atoms with E-state index in [4.69, 9.17) is 0 Å². The predicted octanol–water partition coefficient (Wildman–Crippen LogP) is 3.86. The summed E-state index contributed by atoms with van der Waals surface area (Å²) in [7, 11) is 0. The van der Waals surface area contributed by atoms with E-state index in [1.54, 1.807) is 0 Å². The van der Waals surface area contributed by atoms with Crippen molar-refractivity contribution in [3.63, 3.8) is 0 Å². The third-order valence-electron chi connectivity index (χ3n) is 3.64. The number of hydrogen-bond acceptors (Lipinski definition) is 0. The molecule has 0 heteroatoms. The predicted molar refractivity (Wildman–Crippen MR) is 61.5 cm³/mol. The van der Waals surface area contributed by atoms with E-state index in [0.29, 0.717) is 0 Å². The van der Waals surface area contributed by atoms with Gasteiger partial charge in [-0.2, -0.15) is 0 Å². The van der Waals surface area contributed by atoms with Crippen LogP contribution in [-0.4, -0.2) is 0 Å². The van der Waals surface area contributed by atoms with E-state index in [-0.39, 0.29) is 5.41 Å². The molecule has 1 aliphatic rings. The molecule has 0 amide bonds. The molecule has 0 saturated carbocycles. The van der Waals surface area contributed by atoms with Gasteiger partial charge in [0.1, 0.15) is 0 Å². The molecule has 0 aliphatic heterocycles. The number of allylic oxidation sites excluding steroid dienone is 1. The summed E-state index contributed by atoms with van der Waals surface area (Å²) in [6.45, 7) is 6.29. The van der Waals surface area contributed by atoms with E-state index in [9.17, 15) is 0 Å². The molecule has 0 saturated heterocycles. The minimum atomic E-state index is 0.259. The molecule has 0 radical (unpaired) electrons. The number of benzene rings is 1. The van der Waals surface area contributed by atoms with Gasteiger partial charge in [-0.1, -0.05) is 37.3 Å². The zero-order valence-electron chi connectivity index (χ0n) is 8.92. The van der Waals surface area contributed by atoms with E-state index in [2.05, 4.69) is 43.8 Å². The van der Waals surface area contributed by atoms with Gasteiger partial charge in [-0.05, 0) is 36.8 Å². The van der Waals surface area contributed by atoms with Gasteiger partial charge >= 0.3 is 0 Å². The SMILES string of the molecule is C=C[C@]1(CC)CCCc2ccccc21. The molecule has 1 aromatic rings. The summed E-state index contributed by atoms with van der Waals surface area (Å²) in [5, 5.41) is 0. The first kappa shape index (κ1) is 9.51. The second kappa shape index (κ2) is 3.61. The van der Waals surface area contributed by atoms with Gasteiger partial charge in [0.2, 0.25) is 0 Å². The van der Waals surface area contributed by atoms with Gasteiger partial charge in [0.05, 0.1) is 0 Å². The highest BCUT2D eigenvalue weighted by molar-refractivity contribution is 5.39. The molecule has 0 aromatic heterocycles. The summed E-state index contributed by atoms with van der Waals surface area (Å²) >= 11 is 0. The van der Waals surface area contributed by atoms with Crippen LogP contribution in [0.25, 0.3) is 0 Å². The van der Waals surface area contributed by atoms with Crippen LogP contribution in [0.4, 0.5) is 0 Å². The lowest BCUT2D eigenvalue weighted by Crippen LogP contribution is -2.27. The molecule has 2 rings (SSSR count). The highest BCUT2D eigenvalue weighted by Gasteiger charge is 2.31. The van der Waals surface area contributed by atoms with Crippen LogP contribution in [-0.2, 0) is 11.8 Å². The van der Waals surface area contributed by atoms with Crippen molar-refractivity contribution in [1.29, 1.82) is 0 Å². The first-order valence-electron chi connectivity index (χ1n) is 5.54. The number of aryl methyl sites for hydroxylation is 1. The molecule has 0 nitrogen and oxygen atoms in total. The van der Waals surface area contributed by atoms with Crippen LogP contribution in [0.1, 0.15) is 37.3 Å². The standard InChI is InChI=1S/C14H18/c1-3-14(4-2)11-7-9-12-8-5-6-10-13(12)14/h3,5-6,8,10H,1,4,7,9,11H2,2H3/t14-/m0/s1. The minimum Gasteiger partial charge on any atom is -0.102 e. The Morgan fingerprint density at radius 3 is 2.93 bits per heavy atom. The van der Waals surface area contributed by atoms with Crippen molar-refractivity contribution in [2.45, 2.75) is 38.0 Å². The van der Waals surface area contributed by atoms with Crippen LogP contribution >= 0.6 is 0 Å². The summed E-state index contributed by atoms with van der Waals surface area (Å²) in [6.07, 6.45) is 7.14. The van der Waals surface area contributed by atoms with Crippen molar-refractivity contribution >= 4 is 0 Å². The van der Waals surface area contributed by atoms with Crippen molar-refractivity contribution < 1.29 is 0 Å². The molecule has 0 heterocycles. The minimum absolute atomic E-state index is 0.259. The lowest BCUT2D eigenvalue weighted by atomic mass is 9.68. The largest absolute Gasteiger partial charge is 0.102 e. The molecule has 1 aromatic carbocycles. The van der Waals surface area contributed by atoms with Crippen LogP contribution in [0.15, 0.2) is 36.9 Å². The Morgan fingerprint density at radius 1 is 1.43 bits per heavy atom. The Hall–Kier alpha value is -1.04. The van der Waals surface area contributed by atoms with Crippen LogP contribution in [0, 0.1) is 0 Å². The van der Waals surface area contributed by atoms with Crippen LogP contribution < -0.4 is 0 Å². The molecular weight excluding hydrogens is 168 g/mol. The molecule has 74 valence electrons. The van der Waals surface area contributed by atoms with E-state index in [1.807, 2.05) is 0 Å². The van der Waals surface area contributed by atoms with Crippen molar-refractivity contribution in [1.82, 2.24) is 0 Å². The first-order chi connectivity index (χ1) is 6.82. The van der Waals surface area contributed by atoms with Crippen molar-refractivity contribution in [2.75, 3.05) is 0 Å². The fraction of sp³-hybridized carbons (Fsp3) is 0.429. The number of hydrogen-bond donors (Lipinski definition) is 0. The Kier molecular flexibility index (Phi) is 2.45. The van der Waals surface area contributed by atoms with Gasteiger partial charge in [0, 0.05) is 5.41 Å². The molecule has 0 spiro atoms. The van der Waals surface area contributed by atoms with E-state index in [0.717, 1.165) is 0 Å². The summed E-state index contributed by atoms with van der Waals surface area (Å²) in [6, 6.07) is 8.84. The molecule has 14 heavy (non-hydrogen) atoms. The molecule has 1 atom stereocenters. The average Bonchev–Trinajstić information content (AvgIpc) is 2.28. The second-order valence-electron chi connectivity index (χ2n) is 4.22. The summed E-state index contributed by atoms with van der Waals surface area (Å²) in [5.74, 6) is 0. The third kappa shape index (κ3) is 1.30. The highest BCUT2D eigenvalue weighted by atomic mass is 14.3. The Balaban J connectivity index is 2.53. The van der Waals surface area contributed by atoms with Gasteiger partial charge in [-0.15, -0.1) is 6.58 Å². The Labute approximate surface area is 86.7 Å². The number of fused-ring (bicyclic) bond motifs is 1. The monoisotopic (exact) mass is 186 g/mol. The molecular formula is C14H18. The zero-order valence-corrected chi connectivity index (χ0v) is 8.92. The lowest BCUT2D eigenvalue weighted by Gasteiger charge is -2.36. The zero-order chi connectivity index (χ0) is 10.0. The van der Waals surface area contributed by atoms with Gasteiger partial charge < -0.3 is 0 Å². The summed E-state index contributed by atoms with van der Waals surface area (Å²) in [5.41, 5.74) is 3.30. The normalized spacial score (nSPS) is 25.5. The number of rotatable bonds is 2. The van der Waals surface area contributed by atoms with E-state index < -0.39 is 0 Å². The fourth-order valence-electron chi connectivity index (χ4n) is 2.68.